The maximum atomic E-state index is 13.1. The molecule has 1 saturated heterocycles. The van der Waals surface area contributed by atoms with Gasteiger partial charge in [0.2, 0.25) is 0 Å². The first-order valence-corrected chi connectivity index (χ1v) is 9.22. The standard InChI is InChI=1S/C20H26N4O.ClH/c1-13-7-8-17(14(2)11-13)24-18-6-4-5-16(18)19(22-24)20(25)23(3)15-9-10-21-12-15;/h7-8,11,15,21H,4-6,9-10,12H2,1-3H3;1H. The molecule has 0 radical (unpaired) electrons. The first-order valence-electron chi connectivity index (χ1n) is 9.22. The Morgan fingerprint density at radius 2 is 2.12 bits per heavy atom. The highest BCUT2D eigenvalue weighted by Crippen LogP contribution is 2.30. The van der Waals surface area contributed by atoms with Gasteiger partial charge in [-0.25, -0.2) is 4.68 Å². The number of carbonyl (C=O) groups excluding carboxylic acids is 1. The molecule has 1 amide bonds. The van der Waals surface area contributed by atoms with Gasteiger partial charge in [-0.1, -0.05) is 17.7 Å². The average Bonchev–Trinajstić information content (AvgIpc) is 3.31. The molecule has 1 fully saturated rings. The molecule has 2 aliphatic rings. The molecule has 0 spiro atoms. The molecule has 1 atom stereocenters. The number of hydrogen-bond acceptors (Lipinski definition) is 3. The number of aryl methyl sites for hydroxylation is 2. The molecule has 6 heteroatoms. The second-order valence-electron chi connectivity index (χ2n) is 7.39. The fourth-order valence-corrected chi connectivity index (χ4v) is 4.15. The summed E-state index contributed by atoms with van der Waals surface area (Å²) in [7, 11) is 1.91. The number of aromatic nitrogens is 2. The monoisotopic (exact) mass is 374 g/mol. The number of nitrogens with one attached hydrogen (secondary N) is 1. The van der Waals surface area contributed by atoms with E-state index in [9.17, 15) is 4.79 Å². The lowest BCUT2D eigenvalue weighted by molar-refractivity contribution is 0.0736. The molecule has 140 valence electrons. The number of hydrogen-bond donors (Lipinski definition) is 1. The van der Waals surface area contributed by atoms with E-state index in [-0.39, 0.29) is 24.4 Å². The minimum absolute atomic E-state index is 0. The fourth-order valence-electron chi connectivity index (χ4n) is 4.15. The zero-order valence-corrected chi connectivity index (χ0v) is 16.5. The molecule has 1 aliphatic heterocycles. The highest BCUT2D eigenvalue weighted by Gasteiger charge is 2.31. The number of amides is 1. The summed E-state index contributed by atoms with van der Waals surface area (Å²) in [6.07, 6.45) is 4.07. The van der Waals surface area contributed by atoms with Crippen molar-refractivity contribution in [2.45, 2.75) is 45.6 Å². The number of carbonyl (C=O) groups is 1. The molecule has 4 rings (SSSR count). The molecule has 2 aromatic rings. The van der Waals surface area contributed by atoms with Crippen LogP contribution in [0, 0.1) is 13.8 Å². The molecule has 26 heavy (non-hydrogen) atoms. The molecule has 1 N–H and O–H groups in total. The van der Waals surface area contributed by atoms with Crippen LogP contribution in [0.2, 0.25) is 0 Å². The lowest BCUT2D eigenvalue weighted by Gasteiger charge is -2.23. The van der Waals surface area contributed by atoms with Gasteiger partial charge in [0.25, 0.3) is 5.91 Å². The van der Waals surface area contributed by atoms with Crippen LogP contribution in [0.4, 0.5) is 0 Å². The van der Waals surface area contributed by atoms with E-state index >= 15 is 0 Å². The van der Waals surface area contributed by atoms with Crippen LogP contribution in [0.15, 0.2) is 18.2 Å². The lowest BCUT2D eigenvalue weighted by Crippen LogP contribution is -2.39. The molecule has 1 aliphatic carbocycles. The van der Waals surface area contributed by atoms with E-state index < -0.39 is 0 Å². The number of fused-ring (bicyclic) bond motifs is 1. The van der Waals surface area contributed by atoms with Gasteiger partial charge in [0.15, 0.2) is 5.69 Å². The second kappa shape index (κ2) is 7.41. The first kappa shape index (κ1) is 18.9. The van der Waals surface area contributed by atoms with E-state index in [1.54, 1.807) is 0 Å². The van der Waals surface area contributed by atoms with E-state index in [0.29, 0.717) is 5.69 Å². The van der Waals surface area contributed by atoms with Gasteiger partial charge >= 0.3 is 0 Å². The maximum absolute atomic E-state index is 13.1. The predicted octanol–water partition coefficient (Wildman–Crippen LogP) is 2.83. The van der Waals surface area contributed by atoms with Crippen LogP contribution in [0.1, 0.15) is 45.7 Å². The summed E-state index contributed by atoms with van der Waals surface area (Å²) in [5, 5.41) is 8.13. The Bertz CT molecular complexity index is 823. The van der Waals surface area contributed by atoms with Gasteiger partial charge in [-0.05, 0) is 57.7 Å². The molecular formula is C20H27ClN4O. The Labute approximate surface area is 161 Å². The number of rotatable bonds is 3. The SMILES string of the molecule is Cc1ccc(-n2nc(C(=O)N(C)C3CCNC3)c3c2CCC3)c(C)c1.Cl. The smallest absolute Gasteiger partial charge is 0.274 e. The summed E-state index contributed by atoms with van der Waals surface area (Å²) in [6.45, 7) is 6.08. The summed E-state index contributed by atoms with van der Waals surface area (Å²) in [5.74, 6) is 0.0652. The maximum Gasteiger partial charge on any atom is 0.274 e. The third kappa shape index (κ3) is 3.14. The third-order valence-corrected chi connectivity index (χ3v) is 5.62. The molecule has 2 heterocycles. The van der Waals surface area contributed by atoms with Crippen molar-refractivity contribution in [1.82, 2.24) is 20.0 Å². The topological polar surface area (TPSA) is 50.2 Å². The minimum atomic E-state index is 0. The normalized spacial score (nSPS) is 18.5. The number of likely N-dealkylation sites (N-methyl/N-ethyl adjacent to an activating group) is 1. The summed E-state index contributed by atoms with van der Waals surface area (Å²) < 4.78 is 2.02. The van der Waals surface area contributed by atoms with Gasteiger partial charge in [0.05, 0.1) is 5.69 Å². The molecule has 5 nitrogen and oxygen atoms in total. The predicted molar refractivity (Wildman–Crippen MR) is 106 cm³/mol. The second-order valence-corrected chi connectivity index (χ2v) is 7.39. The first-order chi connectivity index (χ1) is 12.1. The van der Waals surface area contributed by atoms with Crippen LogP contribution in [0.25, 0.3) is 5.69 Å². The highest BCUT2D eigenvalue weighted by molar-refractivity contribution is 5.94. The van der Waals surface area contributed by atoms with Crippen molar-refractivity contribution >= 4 is 18.3 Å². The van der Waals surface area contributed by atoms with E-state index in [1.165, 1.54) is 16.8 Å². The van der Waals surface area contributed by atoms with Gasteiger partial charge in [-0.3, -0.25) is 4.79 Å². The summed E-state index contributed by atoms with van der Waals surface area (Å²) in [5.41, 5.74) is 6.56. The summed E-state index contributed by atoms with van der Waals surface area (Å²) in [4.78, 5) is 15.0. The molecule has 1 unspecified atom stereocenters. The number of nitrogens with zero attached hydrogens (tertiary/aromatic N) is 3. The van der Waals surface area contributed by atoms with Gasteiger partial charge in [0, 0.05) is 30.9 Å². The summed E-state index contributed by atoms with van der Waals surface area (Å²) >= 11 is 0. The van der Waals surface area contributed by atoms with E-state index in [1.807, 2.05) is 16.6 Å². The quantitative estimate of drug-likeness (QED) is 0.898. The van der Waals surface area contributed by atoms with Crippen molar-refractivity contribution < 1.29 is 4.79 Å². The number of halogens is 1. The molecule has 1 aromatic carbocycles. The van der Waals surface area contributed by atoms with Gasteiger partial charge in [0.1, 0.15) is 0 Å². The van der Waals surface area contributed by atoms with E-state index in [4.69, 9.17) is 5.10 Å². The zero-order chi connectivity index (χ0) is 17.6. The van der Waals surface area contributed by atoms with Crippen molar-refractivity contribution in [2.24, 2.45) is 0 Å². The highest BCUT2D eigenvalue weighted by atomic mass is 35.5. The number of benzene rings is 1. The van der Waals surface area contributed by atoms with Crippen LogP contribution >= 0.6 is 12.4 Å². The van der Waals surface area contributed by atoms with Crippen LogP contribution in [0.5, 0.6) is 0 Å². The third-order valence-electron chi connectivity index (χ3n) is 5.62. The molecule has 1 aromatic heterocycles. The van der Waals surface area contributed by atoms with Crippen LogP contribution in [-0.4, -0.2) is 46.8 Å². The van der Waals surface area contributed by atoms with Gasteiger partial charge < -0.3 is 10.2 Å². The Hall–Kier alpha value is -1.85. The summed E-state index contributed by atoms with van der Waals surface area (Å²) in [6, 6.07) is 6.69. The minimum Gasteiger partial charge on any atom is -0.336 e. The van der Waals surface area contributed by atoms with E-state index in [0.717, 1.165) is 50.0 Å². The van der Waals surface area contributed by atoms with Crippen molar-refractivity contribution in [3.8, 4) is 5.69 Å². The van der Waals surface area contributed by atoms with Crippen molar-refractivity contribution in [1.29, 1.82) is 0 Å². The largest absolute Gasteiger partial charge is 0.336 e. The Balaban J connectivity index is 0.00000196. The van der Waals surface area contributed by atoms with Crippen LogP contribution < -0.4 is 5.32 Å². The van der Waals surface area contributed by atoms with Gasteiger partial charge in [-0.15, -0.1) is 12.4 Å². The molecule has 0 bridgehead atoms. The van der Waals surface area contributed by atoms with Crippen molar-refractivity contribution in [2.75, 3.05) is 20.1 Å². The molecular weight excluding hydrogens is 348 g/mol. The van der Waals surface area contributed by atoms with Gasteiger partial charge in [-0.2, -0.15) is 5.10 Å². The van der Waals surface area contributed by atoms with Crippen LogP contribution in [-0.2, 0) is 12.8 Å². The Kier molecular flexibility index (Phi) is 5.39. The zero-order valence-electron chi connectivity index (χ0n) is 15.7. The Morgan fingerprint density at radius 3 is 2.81 bits per heavy atom. The Morgan fingerprint density at radius 1 is 1.31 bits per heavy atom. The average molecular weight is 375 g/mol. The van der Waals surface area contributed by atoms with Crippen LogP contribution in [0.3, 0.4) is 0 Å². The lowest BCUT2D eigenvalue weighted by atomic mass is 10.1. The fraction of sp³-hybridized carbons (Fsp3) is 0.500. The van der Waals surface area contributed by atoms with E-state index in [2.05, 4.69) is 37.4 Å². The van der Waals surface area contributed by atoms with Crippen molar-refractivity contribution in [3.05, 3.63) is 46.3 Å². The van der Waals surface area contributed by atoms with Crippen molar-refractivity contribution in [3.63, 3.8) is 0 Å². The molecule has 0 saturated carbocycles.